The highest BCUT2D eigenvalue weighted by Gasteiger charge is 2.16. The van der Waals surface area contributed by atoms with Crippen molar-refractivity contribution in [3.63, 3.8) is 0 Å². The fourth-order valence-corrected chi connectivity index (χ4v) is 2.43. The van der Waals surface area contributed by atoms with Gasteiger partial charge in [0, 0.05) is 6.54 Å². The van der Waals surface area contributed by atoms with Crippen LogP contribution in [0.2, 0.25) is 0 Å². The summed E-state index contributed by atoms with van der Waals surface area (Å²) in [7, 11) is 0. The molecule has 0 aromatic heterocycles. The summed E-state index contributed by atoms with van der Waals surface area (Å²) in [6.45, 7) is 0.875. The lowest BCUT2D eigenvalue weighted by Gasteiger charge is -2.18. The first kappa shape index (κ1) is 17.7. The van der Waals surface area contributed by atoms with Crippen LogP contribution in [0.3, 0.4) is 0 Å². The van der Waals surface area contributed by atoms with Gasteiger partial charge in [0.15, 0.2) is 18.1 Å². The Hall–Kier alpha value is -3.09. The van der Waals surface area contributed by atoms with E-state index in [0.29, 0.717) is 37.7 Å². The van der Waals surface area contributed by atoms with Gasteiger partial charge in [-0.05, 0) is 42.3 Å². The van der Waals surface area contributed by atoms with E-state index in [9.17, 15) is 14.0 Å². The minimum Gasteiger partial charge on any atom is -0.486 e. The summed E-state index contributed by atoms with van der Waals surface area (Å²) in [5.74, 6) is -0.265. The van der Waals surface area contributed by atoms with Crippen LogP contribution in [-0.4, -0.2) is 38.2 Å². The Kier molecular flexibility index (Phi) is 5.68. The number of carbonyl (C=O) groups is 2. The zero-order valence-corrected chi connectivity index (χ0v) is 14.0. The molecule has 0 saturated carbocycles. The summed E-state index contributed by atoms with van der Waals surface area (Å²) in [6.07, 6.45) is 0.558. The van der Waals surface area contributed by atoms with Gasteiger partial charge in [-0.2, -0.15) is 0 Å². The third kappa shape index (κ3) is 4.72. The number of amides is 1. The number of fused-ring (bicyclic) bond motifs is 1. The molecule has 0 spiro atoms. The van der Waals surface area contributed by atoms with Gasteiger partial charge in [0.2, 0.25) is 0 Å². The first-order valence-corrected chi connectivity index (χ1v) is 8.20. The number of halogens is 1. The van der Waals surface area contributed by atoms with E-state index in [-0.39, 0.29) is 18.0 Å². The van der Waals surface area contributed by atoms with Gasteiger partial charge in [-0.3, -0.25) is 4.79 Å². The van der Waals surface area contributed by atoms with Gasteiger partial charge in [0.25, 0.3) is 5.91 Å². The number of hydrogen-bond donors (Lipinski definition) is 1. The average Bonchev–Trinajstić information content (AvgIpc) is 2.67. The van der Waals surface area contributed by atoms with Crippen LogP contribution < -0.4 is 14.8 Å². The molecule has 6 nitrogen and oxygen atoms in total. The van der Waals surface area contributed by atoms with Gasteiger partial charge < -0.3 is 19.5 Å². The van der Waals surface area contributed by atoms with E-state index in [2.05, 4.69) is 5.32 Å². The lowest BCUT2D eigenvalue weighted by Crippen LogP contribution is -2.30. The Balaban J connectivity index is 1.42. The van der Waals surface area contributed by atoms with E-state index in [0.717, 1.165) is 5.56 Å². The first-order valence-electron chi connectivity index (χ1n) is 8.20. The van der Waals surface area contributed by atoms with E-state index in [1.807, 2.05) is 0 Å². The molecule has 1 heterocycles. The standard InChI is InChI=1S/C19H18FNO5/c20-15-4-1-13(2-5-15)7-8-21-18(22)12-26-19(23)14-3-6-16-17(11-14)25-10-9-24-16/h1-6,11H,7-10,12H2,(H,21,22). The molecule has 1 N–H and O–H groups in total. The van der Waals surface area contributed by atoms with Crippen molar-refractivity contribution in [2.24, 2.45) is 0 Å². The zero-order valence-electron chi connectivity index (χ0n) is 14.0. The summed E-state index contributed by atoms with van der Waals surface area (Å²) in [6, 6.07) is 10.8. The molecule has 2 aromatic carbocycles. The molecule has 0 radical (unpaired) electrons. The lowest BCUT2D eigenvalue weighted by atomic mass is 10.1. The zero-order chi connectivity index (χ0) is 18.4. The summed E-state index contributed by atoms with van der Waals surface area (Å²) >= 11 is 0. The van der Waals surface area contributed by atoms with Gasteiger partial charge in [-0.25, -0.2) is 9.18 Å². The SMILES string of the molecule is O=C(COC(=O)c1ccc2c(c1)OCCO2)NCCc1ccc(F)cc1. The monoisotopic (exact) mass is 359 g/mol. The van der Waals surface area contributed by atoms with Gasteiger partial charge in [-0.1, -0.05) is 12.1 Å². The summed E-state index contributed by atoms with van der Waals surface area (Å²) in [5.41, 5.74) is 1.19. The van der Waals surface area contributed by atoms with Crippen LogP contribution in [0, 0.1) is 5.82 Å². The van der Waals surface area contributed by atoms with Crippen molar-refractivity contribution in [2.75, 3.05) is 26.4 Å². The molecule has 0 aliphatic carbocycles. The molecule has 1 aliphatic rings. The summed E-state index contributed by atoms with van der Waals surface area (Å²) in [4.78, 5) is 23.8. The van der Waals surface area contributed by atoms with Crippen molar-refractivity contribution >= 4 is 11.9 Å². The van der Waals surface area contributed by atoms with Gasteiger partial charge in [-0.15, -0.1) is 0 Å². The number of esters is 1. The molecular weight excluding hydrogens is 341 g/mol. The number of nitrogens with one attached hydrogen (secondary N) is 1. The molecule has 136 valence electrons. The molecule has 26 heavy (non-hydrogen) atoms. The quantitative estimate of drug-likeness (QED) is 0.800. The van der Waals surface area contributed by atoms with Crippen molar-refractivity contribution in [3.8, 4) is 11.5 Å². The average molecular weight is 359 g/mol. The first-order chi connectivity index (χ1) is 12.6. The maximum atomic E-state index is 12.8. The maximum absolute atomic E-state index is 12.8. The van der Waals surface area contributed by atoms with Crippen molar-refractivity contribution in [1.29, 1.82) is 0 Å². The van der Waals surface area contributed by atoms with Gasteiger partial charge in [0.05, 0.1) is 5.56 Å². The minimum absolute atomic E-state index is 0.286. The highest BCUT2D eigenvalue weighted by atomic mass is 19.1. The Bertz CT molecular complexity index is 791. The Morgan fingerprint density at radius 2 is 1.77 bits per heavy atom. The van der Waals surface area contributed by atoms with E-state index in [4.69, 9.17) is 14.2 Å². The molecule has 0 unspecified atom stereocenters. The van der Waals surface area contributed by atoms with Gasteiger partial charge >= 0.3 is 5.97 Å². The van der Waals surface area contributed by atoms with Crippen LogP contribution in [-0.2, 0) is 16.0 Å². The predicted octanol–water partition coefficient (Wildman–Crippen LogP) is 2.11. The third-order valence-electron chi connectivity index (χ3n) is 3.76. The molecule has 1 aliphatic heterocycles. The van der Waals surface area contributed by atoms with Crippen molar-refractivity contribution in [3.05, 3.63) is 59.4 Å². The van der Waals surface area contributed by atoms with Crippen LogP contribution in [0.4, 0.5) is 4.39 Å². The number of benzene rings is 2. The van der Waals surface area contributed by atoms with Crippen molar-refractivity contribution in [1.82, 2.24) is 5.32 Å². The summed E-state index contributed by atoms with van der Waals surface area (Å²) in [5, 5.41) is 2.65. The van der Waals surface area contributed by atoms with E-state index < -0.39 is 11.9 Å². The predicted molar refractivity (Wildman–Crippen MR) is 90.8 cm³/mol. The maximum Gasteiger partial charge on any atom is 0.338 e. The number of rotatable bonds is 6. The second-order valence-electron chi connectivity index (χ2n) is 5.66. The largest absolute Gasteiger partial charge is 0.486 e. The number of carbonyl (C=O) groups excluding carboxylic acids is 2. The molecule has 7 heteroatoms. The van der Waals surface area contributed by atoms with Crippen molar-refractivity contribution in [2.45, 2.75) is 6.42 Å². The van der Waals surface area contributed by atoms with Crippen molar-refractivity contribution < 1.29 is 28.2 Å². The second kappa shape index (κ2) is 8.33. The molecule has 0 bridgehead atoms. The fourth-order valence-electron chi connectivity index (χ4n) is 2.43. The molecule has 0 fully saturated rings. The second-order valence-corrected chi connectivity index (χ2v) is 5.66. The van der Waals surface area contributed by atoms with E-state index in [1.54, 1.807) is 24.3 Å². The smallest absolute Gasteiger partial charge is 0.338 e. The Morgan fingerprint density at radius 3 is 2.54 bits per heavy atom. The lowest BCUT2D eigenvalue weighted by molar-refractivity contribution is -0.124. The molecule has 1 amide bonds. The van der Waals surface area contributed by atoms with Crippen LogP contribution in [0.25, 0.3) is 0 Å². The normalized spacial score (nSPS) is 12.3. The molecule has 2 aromatic rings. The molecule has 3 rings (SSSR count). The van der Waals surface area contributed by atoms with Gasteiger partial charge in [0.1, 0.15) is 19.0 Å². The third-order valence-corrected chi connectivity index (χ3v) is 3.76. The van der Waals surface area contributed by atoms with E-state index >= 15 is 0 Å². The molecular formula is C19H18FNO5. The minimum atomic E-state index is -0.615. The van der Waals surface area contributed by atoms with Crippen LogP contribution >= 0.6 is 0 Å². The van der Waals surface area contributed by atoms with E-state index in [1.165, 1.54) is 18.2 Å². The van der Waals surface area contributed by atoms with Crippen LogP contribution in [0.1, 0.15) is 15.9 Å². The van der Waals surface area contributed by atoms with Crippen LogP contribution in [0.5, 0.6) is 11.5 Å². The highest BCUT2D eigenvalue weighted by Crippen LogP contribution is 2.30. The highest BCUT2D eigenvalue weighted by molar-refractivity contribution is 5.92. The van der Waals surface area contributed by atoms with Crippen LogP contribution in [0.15, 0.2) is 42.5 Å². The Morgan fingerprint density at radius 1 is 1.04 bits per heavy atom. The number of ether oxygens (including phenoxy) is 3. The number of hydrogen-bond acceptors (Lipinski definition) is 5. The fraction of sp³-hybridized carbons (Fsp3) is 0.263. The molecule has 0 atom stereocenters. The topological polar surface area (TPSA) is 73.9 Å². The molecule has 0 saturated heterocycles. The summed E-state index contributed by atoms with van der Waals surface area (Å²) < 4.78 is 28.6. The Labute approximate surface area is 149 Å².